The van der Waals surface area contributed by atoms with Gasteiger partial charge >= 0.3 is 0 Å². The normalized spacial score (nSPS) is 24.7. The zero-order chi connectivity index (χ0) is 28.0. The molecule has 2 N–H and O–H groups in total. The summed E-state index contributed by atoms with van der Waals surface area (Å²) in [6, 6.07) is 24.0. The van der Waals surface area contributed by atoms with Crippen molar-refractivity contribution in [2.45, 2.75) is 44.9 Å². The van der Waals surface area contributed by atoms with Gasteiger partial charge < -0.3 is 15.3 Å². The van der Waals surface area contributed by atoms with E-state index >= 15 is 0 Å². The van der Waals surface area contributed by atoms with E-state index in [1.807, 2.05) is 57.2 Å². The quantitative estimate of drug-likeness (QED) is 0.275. The zero-order valence-corrected chi connectivity index (χ0v) is 22.5. The predicted molar refractivity (Wildman–Crippen MR) is 150 cm³/mol. The molecule has 5 rings (SSSR count). The highest BCUT2D eigenvalue weighted by molar-refractivity contribution is 6.11. The number of allylic oxidation sites excluding steroid dienone is 1. The van der Waals surface area contributed by atoms with Crippen molar-refractivity contribution in [2.75, 3.05) is 0 Å². The van der Waals surface area contributed by atoms with E-state index in [1.165, 1.54) is 13.0 Å². The maximum absolute atomic E-state index is 14.5. The minimum Gasteiger partial charge on any atom is -0.377 e. The molecule has 6 heteroatoms. The summed E-state index contributed by atoms with van der Waals surface area (Å²) in [7, 11) is 0. The monoisotopic (exact) mass is 520 g/mol. The van der Waals surface area contributed by atoms with Crippen molar-refractivity contribution in [3.05, 3.63) is 125 Å². The van der Waals surface area contributed by atoms with Crippen molar-refractivity contribution in [3.63, 3.8) is 0 Å². The molecule has 1 amide bonds. The molecule has 0 radical (unpaired) electrons. The van der Waals surface area contributed by atoms with Gasteiger partial charge in [0.1, 0.15) is 0 Å². The molecule has 2 heterocycles. The molecule has 0 aromatic heterocycles. The van der Waals surface area contributed by atoms with Gasteiger partial charge in [-0.25, -0.2) is 0 Å². The van der Waals surface area contributed by atoms with E-state index in [-0.39, 0.29) is 11.5 Å². The van der Waals surface area contributed by atoms with Crippen molar-refractivity contribution < 1.29 is 19.5 Å². The molecule has 3 unspecified atom stereocenters. The second kappa shape index (κ2) is 9.47. The number of carbonyl (C=O) groups excluding carboxylic acids is 3. The van der Waals surface area contributed by atoms with Crippen LogP contribution in [-0.4, -0.2) is 33.0 Å². The molecular weight excluding hydrogens is 488 g/mol. The molecule has 0 bridgehead atoms. The highest BCUT2D eigenvalue weighted by Gasteiger charge is 2.74. The van der Waals surface area contributed by atoms with Gasteiger partial charge in [-0.1, -0.05) is 84.9 Å². The number of nitrogens with zero attached hydrogens (tertiary/aromatic N) is 1. The van der Waals surface area contributed by atoms with E-state index in [0.29, 0.717) is 16.7 Å². The van der Waals surface area contributed by atoms with Crippen LogP contribution in [0.1, 0.15) is 60.8 Å². The van der Waals surface area contributed by atoms with E-state index in [2.05, 4.69) is 5.32 Å². The number of carbonyl (C=O) groups is 3. The maximum Gasteiger partial charge on any atom is 0.240 e. The summed E-state index contributed by atoms with van der Waals surface area (Å²) in [4.78, 5) is 43.9. The Morgan fingerprint density at radius 3 is 2.10 bits per heavy atom. The van der Waals surface area contributed by atoms with E-state index in [1.54, 1.807) is 65.7 Å². The van der Waals surface area contributed by atoms with Crippen LogP contribution in [0, 0.1) is 5.41 Å². The van der Waals surface area contributed by atoms with Gasteiger partial charge in [0, 0.05) is 23.4 Å². The number of hydrogen-bond donors (Lipinski definition) is 2. The van der Waals surface area contributed by atoms with E-state index in [0.717, 1.165) is 5.56 Å². The lowest BCUT2D eigenvalue weighted by molar-refractivity contribution is -0.159. The van der Waals surface area contributed by atoms with E-state index < -0.39 is 34.3 Å². The second-order valence-corrected chi connectivity index (χ2v) is 11.2. The SMILES string of the molecule is CC(=O)C1(C(=O)NC(C)(C)C)C2c3ccccc3C=CN2/C(=C/C(=O)c2ccccc2)C1(O)c1ccccc1. The van der Waals surface area contributed by atoms with Gasteiger partial charge in [-0.05, 0) is 50.5 Å². The zero-order valence-electron chi connectivity index (χ0n) is 22.5. The fourth-order valence-electron chi connectivity index (χ4n) is 5.93. The molecule has 0 saturated carbocycles. The average molecular weight is 521 g/mol. The van der Waals surface area contributed by atoms with Gasteiger partial charge in [0.15, 0.2) is 22.6 Å². The van der Waals surface area contributed by atoms with Crippen molar-refractivity contribution in [2.24, 2.45) is 5.41 Å². The standard InChI is InChI=1S/C33H32N2O4/c1-22(36)32(30(38)34-31(2,3)4)29-26-18-12-11-13-23(26)19-20-35(29)28(21-27(37)24-14-7-5-8-15-24)33(32,39)25-16-9-6-10-17-25/h5-21,29,39H,1-4H3,(H,34,38)/b28-21+. The summed E-state index contributed by atoms with van der Waals surface area (Å²) in [5.74, 6) is -1.46. The summed E-state index contributed by atoms with van der Waals surface area (Å²) < 4.78 is 0. The molecule has 2 aliphatic heterocycles. The van der Waals surface area contributed by atoms with Crippen LogP contribution in [-0.2, 0) is 15.2 Å². The molecule has 1 saturated heterocycles. The van der Waals surface area contributed by atoms with Crippen LogP contribution >= 0.6 is 0 Å². The summed E-state index contributed by atoms with van der Waals surface area (Å²) in [5.41, 5.74) is -2.41. The summed E-state index contributed by atoms with van der Waals surface area (Å²) in [6.07, 6.45) is 4.98. The van der Waals surface area contributed by atoms with Gasteiger partial charge in [-0.3, -0.25) is 14.4 Å². The largest absolute Gasteiger partial charge is 0.377 e. The van der Waals surface area contributed by atoms with Crippen LogP contribution < -0.4 is 5.32 Å². The molecule has 2 aliphatic rings. The number of ketones is 2. The van der Waals surface area contributed by atoms with E-state index in [9.17, 15) is 19.5 Å². The maximum atomic E-state index is 14.5. The topological polar surface area (TPSA) is 86.7 Å². The predicted octanol–water partition coefficient (Wildman–Crippen LogP) is 5.17. The number of benzene rings is 3. The van der Waals surface area contributed by atoms with Crippen molar-refractivity contribution in [3.8, 4) is 0 Å². The molecule has 3 atom stereocenters. The van der Waals surface area contributed by atoms with E-state index in [4.69, 9.17) is 0 Å². The minimum absolute atomic E-state index is 0.164. The van der Waals surface area contributed by atoms with Crippen molar-refractivity contribution >= 4 is 23.5 Å². The molecule has 0 aliphatic carbocycles. The third-order valence-electron chi connectivity index (χ3n) is 7.53. The Morgan fingerprint density at radius 1 is 0.897 bits per heavy atom. The van der Waals surface area contributed by atoms with Gasteiger partial charge in [-0.15, -0.1) is 0 Å². The third kappa shape index (κ3) is 4.03. The van der Waals surface area contributed by atoms with Crippen LogP contribution in [0.15, 0.2) is 103 Å². The molecule has 39 heavy (non-hydrogen) atoms. The number of Topliss-reactive ketones (excluding diaryl/α,β-unsaturated/α-hetero) is 1. The van der Waals surface area contributed by atoms with Gasteiger partial charge in [0.05, 0.1) is 11.7 Å². The van der Waals surface area contributed by atoms with Crippen LogP contribution in [0.3, 0.4) is 0 Å². The molecule has 1 fully saturated rings. The third-order valence-corrected chi connectivity index (χ3v) is 7.53. The minimum atomic E-state index is -2.17. The second-order valence-electron chi connectivity index (χ2n) is 11.2. The first-order chi connectivity index (χ1) is 18.5. The molecule has 198 valence electrons. The van der Waals surface area contributed by atoms with Crippen LogP contribution in [0.25, 0.3) is 6.08 Å². The van der Waals surface area contributed by atoms with Crippen molar-refractivity contribution in [1.82, 2.24) is 10.2 Å². The fraction of sp³-hybridized carbons (Fsp3) is 0.242. The van der Waals surface area contributed by atoms with Crippen LogP contribution in [0.4, 0.5) is 0 Å². The van der Waals surface area contributed by atoms with Gasteiger partial charge in [0.25, 0.3) is 0 Å². The Bertz CT molecular complexity index is 1500. The summed E-state index contributed by atoms with van der Waals surface area (Å²) >= 11 is 0. The first-order valence-corrected chi connectivity index (χ1v) is 13.0. The highest BCUT2D eigenvalue weighted by atomic mass is 16.3. The number of rotatable bonds is 5. The Hall–Kier alpha value is -4.29. The first-order valence-electron chi connectivity index (χ1n) is 13.0. The number of fused-ring (bicyclic) bond motifs is 3. The Labute approximate surface area is 228 Å². The Balaban J connectivity index is 1.89. The molecular formula is C33H32N2O4. The highest BCUT2D eigenvalue weighted by Crippen LogP contribution is 2.64. The van der Waals surface area contributed by atoms with Gasteiger partial charge in [0.2, 0.25) is 5.91 Å². The summed E-state index contributed by atoms with van der Waals surface area (Å²) in [5, 5.41) is 16.0. The molecule has 3 aromatic carbocycles. The van der Waals surface area contributed by atoms with Crippen LogP contribution in [0.2, 0.25) is 0 Å². The fourth-order valence-corrected chi connectivity index (χ4v) is 5.93. The lowest BCUT2D eigenvalue weighted by Crippen LogP contribution is -2.61. The Kier molecular flexibility index (Phi) is 6.39. The molecule has 3 aromatic rings. The number of nitrogens with one attached hydrogen (secondary N) is 1. The average Bonchev–Trinajstić information content (AvgIpc) is 3.15. The number of hydrogen-bond acceptors (Lipinski definition) is 5. The van der Waals surface area contributed by atoms with Crippen molar-refractivity contribution in [1.29, 1.82) is 0 Å². The number of amides is 1. The Morgan fingerprint density at radius 2 is 1.49 bits per heavy atom. The first kappa shape index (κ1) is 26.3. The molecule has 0 spiro atoms. The lowest BCUT2D eigenvalue weighted by Gasteiger charge is -2.43. The van der Waals surface area contributed by atoms with Gasteiger partial charge in [-0.2, -0.15) is 0 Å². The molecule has 6 nitrogen and oxygen atoms in total. The summed E-state index contributed by atoms with van der Waals surface area (Å²) in [6.45, 7) is 6.84. The smallest absolute Gasteiger partial charge is 0.240 e. The lowest BCUT2D eigenvalue weighted by atomic mass is 9.61. The van der Waals surface area contributed by atoms with Crippen LogP contribution in [0.5, 0.6) is 0 Å². The number of aliphatic hydroxyl groups is 1.